The minimum absolute atomic E-state index is 0.325. The maximum Gasteiger partial charge on any atom is 0.405 e. The van der Waals surface area contributed by atoms with Gasteiger partial charge in [-0.25, -0.2) is 9.18 Å². The lowest BCUT2D eigenvalue weighted by Crippen LogP contribution is -2.32. The molecule has 1 unspecified atom stereocenters. The number of carbonyl (C=O) groups is 1. The lowest BCUT2D eigenvalue weighted by atomic mass is 9.98. The molecule has 0 aromatic heterocycles. The third-order valence-corrected chi connectivity index (χ3v) is 2.45. The Bertz CT molecular complexity index is 395. The summed E-state index contributed by atoms with van der Waals surface area (Å²) in [7, 11) is 0. The molecular weight excluding hydrogens is 199 g/mol. The molecule has 0 fully saturated rings. The van der Waals surface area contributed by atoms with Gasteiger partial charge in [0.15, 0.2) is 0 Å². The van der Waals surface area contributed by atoms with Gasteiger partial charge in [0, 0.05) is 12.1 Å². The average Bonchev–Trinajstić information content (AvgIpc) is 2.19. The van der Waals surface area contributed by atoms with Crippen molar-refractivity contribution in [2.45, 2.75) is 12.5 Å². The van der Waals surface area contributed by atoms with E-state index in [9.17, 15) is 9.18 Å². The summed E-state index contributed by atoms with van der Waals surface area (Å²) in [6.07, 6.45) is -0.458. The molecule has 4 nitrogen and oxygen atoms in total. The van der Waals surface area contributed by atoms with Crippen LogP contribution in [0.5, 0.6) is 0 Å². The zero-order chi connectivity index (χ0) is 10.8. The molecule has 15 heavy (non-hydrogen) atoms. The number of halogens is 1. The molecular formula is C10H11FN2O2. The standard InChI is InChI=1S/C10H11FN2O2/c11-7-3-1-2-6-8(13-10(14)15)4-5-12-9(6)7/h1-3,8,12-13H,4-5H2,(H,14,15). The van der Waals surface area contributed by atoms with Gasteiger partial charge in [0.2, 0.25) is 0 Å². The zero-order valence-corrected chi connectivity index (χ0v) is 7.96. The Morgan fingerprint density at radius 2 is 2.40 bits per heavy atom. The van der Waals surface area contributed by atoms with E-state index in [0.717, 1.165) is 0 Å². The number of rotatable bonds is 1. The van der Waals surface area contributed by atoms with Crippen LogP contribution in [-0.4, -0.2) is 17.7 Å². The van der Waals surface area contributed by atoms with Crippen LogP contribution < -0.4 is 10.6 Å². The molecule has 1 atom stereocenters. The number of hydrogen-bond acceptors (Lipinski definition) is 2. The van der Waals surface area contributed by atoms with Gasteiger partial charge < -0.3 is 15.7 Å². The van der Waals surface area contributed by atoms with Crippen molar-refractivity contribution in [1.82, 2.24) is 5.32 Å². The van der Waals surface area contributed by atoms with Gasteiger partial charge in [-0.2, -0.15) is 0 Å². The van der Waals surface area contributed by atoms with Crippen molar-refractivity contribution in [3.8, 4) is 0 Å². The van der Waals surface area contributed by atoms with Crippen molar-refractivity contribution < 1.29 is 14.3 Å². The lowest BCUT2D eigenvalue weighted by molar-refractivity contribution is 0.189. The van der Waals surface area contributed by atoms with E-state index in [0.29, 0.717) is 24.2 Å². The molecule has 1 aromatic carbocycles. The van der Waals surface area contributed by atoms with Crippen molar-refractivity contribution in [1.29, 1.82) is 0 Å². The number of nitrogens with one attached hydrogen (secondary N) is 2. The molecule has 0 radical (unpaired) electrons. The summed E-state index contributed by atoms with van der Waals surface area (Å²) in [6, 6.07) is 4.34. The molecule has 1 amide bonds. The number of hydrogen-bond donors (Lipinski definition) is 3. The third-order valence-electron chi connectivity index (χ3n) is 2.45. The quantitative estimate of drug-likeness (QED) is 0.663. The zero-order valence-electron chi connectivity index (χ0n) is 7.96. The highest BCUT2D eigenvalue weighted by Gasteiger charge is 2.23. The predicted octanol–water partition coefficient (Wildman–Crippen LogP) is 1.95. The molecule has 1 aliphatic rings. The first-order valence-corrected chi connectivity index (χ1v) is 4.70. The van der Waals surface area contributed by atoms with Crippen molar-refractivity contribution in [3.63, 3.8) is 0 Å². The summed E-state index contributed by atoms with van der Waals surface area (Å²) in [6.45, 7) is 0.568. The minimum atomic E-state index is -1.09. The number of fused-ring (bicyclic) bond motifs is 1. The Morgan fingerprint density at radius 1 is 1.60 bits per heavy atom. The SMILES string of the molecule is O=C(O)NC1CCNc2c(F)cccc21. The van der Waals surface area contributed by atoms with E-state index >= 15 is 0 Å². The van der Waals surface area contributed by atoms with Crippen LogP contribution in [0.4, 0.5) is 14.9 Å². The summed E-state index contributed by atoms with van der Waals surface area (Å²) < 4.78 is 13.3. The van der Waals surface area contributed by atoms with Crippen LogP contribution in [0.1, 0.15) is 18.0 Å². The third kappa shape index (κ3) is 1.86. The smallest absolute Gasteiger partial charge is 0.405 e. The predicted molar refractivity (Wildman–Crippen MR) is 53.4 cm³/mol. The fourth-order valence-corrected chi connectivity index (χ4v) is 1.81. The Hall–Kier alpha value is -1.78. The molecule has 0 saturated carbocycles. The van der Waals surface area contributed by atoms with Crippen LogP contribution in [0.3, 0.4) is 0 Å². The second kappa shape index (κ2) is 3.76. The molecule has 0 spiro atoms. The van der Waals surface area contributed by atoms with Crippen LogP contribution in [0, 0.1) is 5.82 Å². The van der Waals surface area contributed by atoms with Crippen LogP contribution >= 0.6 is 0 Å². The van der Waals surface area contributed by atoms with Gasteiger partial charge in [0.1, 0.15) is 5.82 Å². The fourth-order valence-electron chi connectivity index (χ4n) is 1.81. The molecule has 1 aliphatic heterocycles. The van der Waals surface area contributed by atoms with Crippen molar-refractivity contribution in [2.75, 3.05) is 11.9 Å². The number of para-hydroxylation sites is 1. The number of carboxylic acid groups (broad SMARTS) is 1. The van der Waals surface area contributed by atoms with Crippen LogP contribution in [0.2, 0.25) is 0 Å². The average molecular weight is 210 g/mol. The molecule has 0 saturated heterocycles. The van der Waals surface area contributed by atoms with Gasteiger partial charge in [-0.05, 0) is 12.5 Å². The Balaban J connectivity index is 2.34. The van der Waals surface area contributed by atoms with Gasteiger partial charge >= 0.3 is 6.09 Å². The molecule has 5 heteroatoms. The number of benzene rings is 1. The normalized spacial score (nSPS) is 18.9. The van der Waals surface area contributed by atoms with E-state index in [1.54, 1.807) is 12.1 Å². The highest BCUT2D eigenvalue weighted by Crippen LogP contribution is 2.31. The van der Waals surface area contributed by atoms with E-state index in [1.807, 2.05) is 0 Å². The topological polar surface area (TPSA) is 61.4 Å². The van der Waals surface area contributed by atoms with Gasteiger partial charge in [-0.3, -0.25) is 0 Å². The van der Waals surface area contributed by atoms with Gasteiger partial charge in [0.05, 0.1) is 11.7 Å². The molecule has 0 aliphatic carbocycles. The molecule has 80 valence electrons. The monoisotopic (exact) mass is 210 g/mol. The molecule has 1 heterocycles. The Labute approximate surface area is 86.1 Å². The fraction of sp³-hybridized carbons (Fsp3) is 0.300. The first kappa shape index (κ1) is 9.76. The lowest BCUT2D eigenvalue weighted by Gasteiger charge is -2.26. The Kier molecular flexibility index (Phi) is 2.45. The maximum absolute atomic E-state index is 13.3. The van der Waals surface area contributed by atoms with E-state index in [2.05, 4.69) is 10.6 Å². The highest BCUT2D eigenvalue weighted by molar-refractivity contribution is 5.67. The number of anilines is 1. The molecule has 1 aromatic rings. The van der Waals surface area contributed by atoms with Gasteiger partial charge in [-0.1, -0.05) is 12.1 Å². The van der Waals surface area contributed by atoms with E-state index in [1.165, 1.54) is 6.07 Å². The van der Waals surface area contributed by atoms with Gasteiger partial charge in [0.25, 0.3) is 0 Å². The van der Waals surface area contributed by atoms with E-state index < -0.39 is 6.09 Å². The minimum Gasteiger partial charge on any atom is -0.465 e. The van der Waals surface area contributed by atoms with E-state index in [4.69, 9.17) is 5.11 Å². The second-order valence-corrected chi connectivity index (χ2v) is 3.42. The summed E-state index contributed by atoms with van der Waals surface area (Å²) in [5.41, 5.74) is 1.08. The van der Waals surface area contributed by atoms with Crippen LogP contribution in [0.25, 0.3) is 0 Å². The van der Waals surface area contributed by atoms with Gasteiger partial charge in [-0.15, -0.1) is 0 Å². The summed E-state index contributed by atoms with van der Waals surface area (Å²) in [4.78, 5) is 10.5. The highest BCUT2D eigenvalue weighted by atomic mass is 19.1. The molecule has 2 rings (SSSR count). The number of amides is 1. The summed E-state index contributed by atoms with van der Waals surface area (Å²) >= 11 is 0. The van der Waals surface area contributed by atoms with E-state index in [-0.39, 0.29) is 11.9 Å². The summed E-state index contributed by atoms with van der Waals surface area (Å²) in [5, 5.41) is 13.9. The molecule has 3 N–H and O–H groups in total. The van der Waals surface area contributed by atoms with Crippen LogP contribution in [0.15, 0.2) is 18.2 Å². The Morgan fingerprint density at radius 3 is 3.13 bits per heavy atom. The summed E-state index contributed by atoms with van der Waals surface area (Å²) in [5.74, 6) is -0.343. The maximum atomic E-state index is 13.3. The van der Waals surface area contributed by atoms with Crippen molar-refractivity contribution >= 4 is 11.8 Å². The largest absolute Gasteiger partial charge is 0.465 e. The molecule has 0 bridgehead atoms. The first-order chi connectivity index (χ1) is 7.18. The first-order valence-electron chi connectivity index (χ1n) is 4.70. The van der Waals surface area contributed by atoms with Crippen molar-refractivity contribution in [3.05, 3.63) is 29.6 Å². The van der Waals surface area contributed by atoms with Crippen molar-refractivity contribution in [2.24, 2.45) is 0 Å². The second-order valence-electron chi connectivity index (χ2n) is 3.42. The van der Waals surface area contributed by atoms with Crippen LogP contribution in [-0.2, 0) is 0 Å².